The summed E-state index contributed by atoms with van der Waals surface area (Å²) in [6.07, 6.45) is 17.8. The SMILES string of the molecule is C#C.C/C=C(/Cc1nc(N(C)c2ccc(OC)cc2)c2ccccc2n1)NCCCCCCCC(=O)CC.CN1CC(C(N)=O)C1. The maximum atomic E-state index is 11.4. The molecule has 0 unspecified atom stereocenters. The molecule has 1 fully saturated rings. The molecule has 3 N–H and O–H groups in total. The highest BCUT2D eigenvalue weighted by Gasteiger charge is 2.27. The number of anilines is 2. The number of hydrogen-bond acceptors (Lipinski definition) is 8. The Morgan fingerprint density at radius 3 is 2.28 bits per heavy atom. The van der Waals surface area contributed by atoms with Crippen LogP contribution < -0.4 is 20.7 Å². The zero-order chi connectivity index (χ0) is 33.9. The number of ether oxygens (including phenoxy) is 1. The number of carbonyl (C=O) groups excluding carboxylic acids is 2. The van der Waals surface area contributed by atoms with Crippen LogP contribution in [-0.4, -0.2) is 67.4 Å². The predicted octanol–water partition coefficient (Wildman–Crippen LogP) is 6.04. The van der Waals surface area contributed by atoms with Gasteiger partial charge in [0.05, 0.1) is 18.5 Å². The molecule has 2 aromatic carbocycles. The number of amides is 1. The van der Waals surface area contributed by atoms with E-state index in [0.717, 1.165) is 85.0 Å². The first-order chi connectivity index (χ1) is 22.2. The fourth-order valence-electron chi connectivity index (χ4n) is 5.09. The lowest BCUT2D eigenvalue weighted by molar-refractivity contribution is -0.126. The van der Waals surface area contributed by atoms with E-state index in [1.54, 1.807) is 7.11 Å². The van der Waals surface area contributed by atoms with E-state index in [9.17, 15) is 9.59 Å². The van der Waals surface area contributed by atoms with Gasteiger partial charge in [0.2, 0.25) is 5.91 Å². The number of methoxy groups -OCH3 is 1. The van der Waals surface area contributed by atoms with Gasteiger partial charge < -0.3 is 25.6 Å². The van der Waals surface area contributed by atoms with Crippen LogP contribution in [0.3, 0.4) is 0 Å². The number of allylic oxidation sites excluding steroid dienone is 2. The first kappa shape index (κ1) is 37.8. The van der Waals surface area contributed by atoms with Gasteiger partial charge in [-0.2, -0.15) is 0 Å². The fourth-order valence-corrected chi connectivity index (χ4v) is 5.09. The molecule has 9 heteroatoms. The number of fused-ring (bicyclic) bond motifs is 1. The summed E-state index contributed by atoms with van der Waals surface area (Å²) >= 11 is 0. The maximum Gasteiger partial charge on any atom is 0.223 e. The maximum absolute atomic E-state index is 11.4. The second-order valence-corrected chi connectivity index (χ2v) is 11.4. The Morgan fingerprint density at radius 1 is 1.04 bits per heavy atom. The smallest absolute Gasteiger partial charge is 0.223 e. The Labute approximate surface area is 275 Å². The minimum Gasteiger partial charge on any atom is -0.497 e. The Morgan fingerprint density at radius 2 is 1.70 bits per heavy atom. The number of carbonyl (C=O) groups is 2. The third-order valence-electron chi connectivity index (χ3n) is 7.95. The van der Waals surface area contributed by atoms with Crippen LogP contribution in [-0.2, 0) is 16.0 Å². The number of terminal acetylenes is 1. The molecule has 0 radical (unpaired) electrons. The van der Waals surface area contributed by atoms with E-state index in [0.29, 0.717) is 18.6 Å². The minimum absolute atomic E-state index is 0.125. The molecule has 2 heterocycles. The third-order valence-corrected chi connectivity index (χ3v) is 7.95. The highest BCUT2D eigenvalue weighted by atomic mass is 16.5. The van der Waals surface area contributed by atoms with Gasteiger partial charge in [-0.05, 0) is 63.2 Å². The molecule has 4 rings (SSSR count). The lowest BCUT2D eigenvalue weighted by Gasteiger charge is -2.33. The summed E-state index contributed by atoms with van der Waals surface area (Å²) in [5.74, 6) is 2.85. The molecule has 1 aromatic heterocycles. The summed E-state index contributed by atoms with van der Waals surface area (Å²) in [6, 6.07) is 16.2. The highest BCUT2D eigenvalue weighted by molar-refractivity contribution is 5.91. The van der Waals surface area contributed by atoms with Crippen LogP contribution in [0.4, 0.5) is 11.5 Å². The van der Waals surface area contributed by atoms with Gasteiger partial charge in [0.1, 0.15) is 23.2 Å². The molecule has 248 valence electrons. The molecule has 0 atom stereocenters. The second kappa shape index (κ2) is 20.6. The van der Waals surface area contributed by atoms with Crippen molar-refractivity contribution >= 4 is 34.1 Å². The predicted molar refractivity (Wildman–Crippen MR) is 189 cm³/mol. The van der Waals surface area contributed by atoms with E-state index >= 15 is 0 Å². The highest BCUT2D eigenvalue weighted by Crippen LogP contribution is 2.30. The van der Waals surface area contributed by atoms with Gasteiger partial charge in [-0.1, -0.05) is 44.4 Å². The topological polar surface area (TPSA) is 114 Å². The number of hydrogen-bond donors (Lipinski definition) is 2. The zero-order valence-electron chi connectivity index (χ0n) is 28.3. The number of rotatable bonds is 16. The number of benzene rings is 2. The summed E-state index contributed by atoms with van der Waals surface area (Å²) in [7, 11) is 5.68. The monoisotopic (exact) mass is 628 g/mol. The average molecular weight is 629 g/mol. The number of Topliss-reactive ketones (excluding diaryl/α,β-unsaturated/α-hetero) is 1. The van der Waals surface area contributed by atoms with Gasteiger partial charge in [0.25, 0.3) is 0 Å². The number of aromatic nitrogens is 2. The molecular formula is C37H52N6O3. The lowest BCUT2D eigenvalue weighted by Crippen LogP contribution is -2.50. The number of para-hydroxylation sites is 1. The van der Waals surface area contributed by atoms with Crippen molar-refractivity contribution < 1.29 is 14.3 Å². The van der Waals surface area contributed by atoms with Gasteiger partial charge in [0, 0.05) is 62.7 Å². The van der Waals surface area contributed by atoms with Gasteiger partial charge >= 0.3 is 0 Å². The molecule has 46 heavy (non-hydrogen) atoms. The van der Waals surface area contributed by atoms with E-state index in [-0.39, 0.29) is 11.8 Å². The second-order valence-electron chi connectivity index (χ2n) is 11.4. The first-order valence-corrected chi connectivity index (χ1v) is 16.1. The van der Waals surface area contributed by atoms with E-state index in [4.69, 9.17) is 20.4 Å². The van der Waals surface area contributed by atoms with Crippen molar-refractivity contribution in [3.05, 3.63) is 66.1 Å². The van der Waals surface area contributed by atoms with Crippen LogP contribution in [0.25, 0.3) is 10.9 Å². The third kappa shape index (κ3) is 12.2. The number of nitrogens with zero attached hydrogens (tertiary/aromatic N) is 4. The Bertz CT molecular complexity index is 1410. The zero-order valence-corrected chi connectivity index (χ0v) is 28.3. The number of unbranched alkanes of at least 4 members (excludes halogenated alkanes) is 4. The van der Waals surface area contributed by atoms with Crippen LogP contribution in [0.15, 0.2) is 60.3 Å². The van der Waals surface area contributed by atoms with E-state index in [1.165, 1.54) is 12.8 Å². The Balaban J connectivity index is 0.000000632. The Kier molecular flexibility index (Phi) is 16.9. The molecular weight excluding hydrogens is 576 g/mol. The molecule has 1 saturated heterocycles. The van der Waals surface area contributed by atoms with Crippen LogP contribution >= 0.6 is 0 Å². The molecule has 1 amide bonds. The largest absolute Gasteiger partial charge is 0.497 e. The number of nitrogens with one attached hydrogen (secondary N) is 1. The summed E-state index contributed by atoms with van der Waals surface area (Å²) in [5.41, 5.74) is 8.11. The van der Waals surface area contributed by atoms with Crippen LogP contribution in [0.5, 0.6) is 5.75 Å². The molecule has 9 nitrogen and oxygen atoms in total. The molecule has 1 aliphatic rings. The molecule has 3 aromatic rings. The van der Waals surface area contributed by atoms with Crippen molar-refractivity contribution in [2.45, 2.75) is 65.2 Å². The van der Waals surface area contributed by atoms with Crippen molar-refractivity contribution in [2.24, 2.45) is 11.7 Å². The van der Waals surface area contributed by atoms with Gasteiger partial charge in [0.15, 0.2) is 0 Å². The van der Waals surface area contributed by atoms with Crippen molar-refractivity contribution in [3.8, 4) is 18.6 Å². The van der Waals surface area contributed by atoms with Crippen molar-refractivity contribution in [1.82, 2.24) is 20.2 Å². The normalized spacial score (nSPS) is 13.0. The van der Waals surface area contributed by atoms with Gasteiger partial charge in [-0.3, -0.25) is 9.59 Å². The van der Waals surface area contributed by atoms with E-state index < -0.39 is 0 Å². The quantitative estimate of drug-likeness (QED) is 0.146. The molecule has 0 spiro atoms. The van der Waals surface area contributed by atoms with Gasteiger partial charge in [-0.15, -0.1) is 12.8 Å². The molecule has 0 bridgehead atoms. The first-order valence-electron chi connectivity index (χ1n) is 16.1. The van der Waals surface area contributed by atoms with Gasteiger partial charge in [-0.25, -0.2) is 9.97 Å². The van der Waals surface area contributed by atoms with Crippen molar-refractivity contribution in [1.29, 1.82) is 0 Å². The van der Waals surface area contributed by atoms with Crippen molar-refractivity contribution in [3.63, 3.8) is 0 Å². The average Bonchev–Trinajstić information content (AvgIpc) is 3.07. The number of nitrogens with two attached hydrogens (primary N) is 1. The minimum atomic E-state index is -0.164. The van der Waals surface area contributed by atoms with Crippen molar-refractivity contribution in [2.75, 3.05) is 45.7 Å². The number of ketones is 1. The van der Waals surface area contributed by atoms with Crippen LogP contribution in [0.2, 0.25) is 0 Å². The van der Waals surface area contributed by atoms with Crippen LogP contribution in [0, 0.1) is 18.8 Å². The molecule has 1 aliphatic heterocycles. The van der Waals surface area contributed by atoms with E-state index in [1.807, 2.05) is 63.5 Å². The van der Waals surface area contributed by atoms with E-state index in [2.05, 4.69) is 47.0 Å². The number of likely N-dealkylation sites (tertiary alicyclic amines) is 1. The summed E-state index contributed by atoms with van der Waals surface area (Å²) < 4.78 is 5.31. The Hall–Kier alpha value is -4.42. The number of primary amides is 1. The summed E-state index contributed by atoms with van der Waals surface area (Å²) in [4.78, 5) is 35.7. The fraction of sp³-hybridized carbons (Fsp3) is 0.459. The standard InChI is InChI=1S/C30H40N4O2.C5H10N2O.C2H2/c1-5-23(31-21-13-9-7-8-10-14-25(35)6-2)22-29-32-28-16-12-11-15-27(28)30(33-29)34(3)24-17-19-26(36-4)20-18-24;1-7-2-4(3-7)5(6)8;1-2/h5,11-12,15-20,31H,6-10,13-14,21-22H2,1-4H3;4H,2-3H2,1H3,(H2,6,8);1-2H/b23-5-;;. The van der Waals surface area contributed by atoms with Crippen LogP contribution in [0.1, 0.15) is 64.6 Å². The molecule has 0 saturated carbocycles. The lowest BCUT2D eigenvalue weighted by atomic mass is 10.0. The summed E-state index contributed by atoms with van der Waals surface area (Å²) in [6.45, 7) is 6.61. The summed E-state index contributed by atoms with van der Waals surface area (Å²) in [5, 5.41) is 4.60. The molecule has 0 aliphatic carbocycles.